The summed E-state index contributed by atoms with van der Waals surface area (Å²) in [6, 6.07) is 4.72. The highest BCUT2D eigenvalue weighted by atomic mass is 16.7. The molecule has 0 aliphatic carbocycles. The smallest absolute Gasteiger partial charge is 0.308 e. The van der Waals surface area contributed by atoms with Crippen molar-refractivity contribution in [1.29, 1.82) is 0 Å². The molecule has 1 aromatic rings. The van der Waals surface area contributed by atoms with Gasteiger partial charge in [-0.15, -0.1) is 0 Å². The van der Waals surface area contributed by atoms with Gasteiger partial charge in [0.05, 0.1) is 0 Å². The van der Waals surface area contributed by atoms with Crippen LogP contribution in [-0.4, -0.2) is 31.8 Å². The third kappa shape index (κ3) is 2.83. The van der Waals surface area contributed by atoms with Gasteiger partial charge in [-0.3, -0.25) is 20.4 Å². The van der Waals surface area contributed by atoms with E-state index in [1.54, 1.807) is 12.1 Å². The van der Waals surface area contributed by atoms with Crippen LogP contribution in [0.1, 0.15) is 10.4 Å². The Morgan fingerprint density at radius 3 is 2.57 bits per heavy atom. The van der Waals surface area contributed by atoms with Gasteiger partial charge in [0.25, 0.3) is 5.91 Å². The van der Waals surface area contributed by atoms with Gasteiger partial charge >= 0.3 is 5.91 Å². The fourth-order valence-electron chi connectivity index (χ4n) is 1.77. The summed E-state index contributed by atoms with van der Waals surface area (Å²) in [5.41, 5.74) is 4.84. The number of carbonyl (C=O) groups is 2. The first-order valence-corrected chi connectivity index (χ1v) is 6.19. The number of carbonyl (C=O) groups excluding carboxylic acids is 2. The zero-order chi connectivity index (χ0) is 14.7. The first-order valence-electron chi connectivity index (χ1n) is 6.19. The van der Waals surface area contributed by atoms with E-state index in [1.165, 1.54) is 12.3 Å². The van der Waals surface area contributed by atoms with Crippen molar-refractivity contribution in [3.8, 4) is 11.5 Å². The molecule has 0 atom stereocenters. The van der Waals surface area contributed by atoms with Crippen molar-refractivity contribution in [2.45, 2.75) is 0 Å². The first-order chi connectivity index (χ1) is 10.2. The van der Waals surface area contributed by atoms with Gasteiger partial charge in [0.15, 0.2) is 11.5 Å². The minimum atomic E-state index is -0.594. The molecule has 2 N–H and O–H groups in total. The summed E-state index contributed by atoms with van der Waals surface area (Å²) in [4.78, 5) is 23.6. The second-order valence-corrected chi connectivity index (χ2v) is 4.18. The maximum atomic E-state index is 11.9. The van der Waals surface area contributed by atoms with Crippen LogP contribution in [0.15, 0.2) is 30.2 Å². The quantitative estimate of drug-likeness (QED) is 0.749. The Morgan fingerprint density at radius 1 is 0.952 bits per heavy atom. The van der Waals surface area contributed by atoms with Crippen LogP contribution in [0.4, 0.5) is 0 Å². The molecule has 0 saturated heterocycles. The van der Waals surface area contributed by atoms with Crippen molar-refractivity contribution in [3.63, 3.8) is 0 Å². The van der Waals surface area contributed by atoms with Gasteiger partial charge in [-0.2, -0.15) is 0 Å². The fourth-order valence-corrected chi connectivity index (χ4v) is 1.77. The van der Waals surface area contributed by atoms with E-state index in [4.69, 9.17) is 18.9 Å². The first kappa shape index (κ1) is 13.1. The monoisotopic (exact) mass is 292 g/mol. The lowest BCUT2D eigenvalue weighted by molar-refractivity contribution is -0.123. The molecule has 8 nitrogen and oxygen atoms in total. The molecule has 1 aromatic carbocycles. The summed E-state index contributed by atoms with van der Waals surface area (Å²) >= 11 is 0. The molecule has 0 bridgehead atoms. The van der Waals surface area contributed by atoms with Crippen molar-refractivity contribution < 1.29 is 28.5 Å². The van der Waals surface area contributed by atoms with Gasteiger partial charge in [-0.25, -0.2) is 0 Å². The molecule has 21 heavy (non-hydrogen) atoms. The maximum absolute atomic E-state index is 11.9. The van der Waals surface area contributed by atoms with Gasteiger partial charge in [0.1, 0.15) is 19.5 Å². The molecular formula is C13H12N2O6. The highest BCUT2D eigenvalue weighted by Crippen LogP contribution is 2.32. The normalized spacial score (nSPS) is 15.3. The van der Waals surface area contributed by atoms with Crippen molar-refractivity contribution in [3.05, 3.63) is 35.8 Å². The molecule has 8 heteroatoms. The van der Waals surface area contributed by atoms with Crippen molar-refractivity contribution >= 4 is 11.8 Å². The maximum Gasteiger partial charge on any atom is 0.308 e. The molecule has 0 spiro atoms. The van der Waals surface area contributed by atoms with Crippen LogP contribution in [-0.2, 0) is 14.3 Å². The van der Waals surface area contributed by atoms with E-state index in [0.717, 1.165) is 0 Å². The van der Waals surface area contributed by atoms with Crippen molar-refractivity contribution in [2.24, 2.45) is 0 Å². The number of nitrogens with one attached hydrogen (secondary N) is 2. The standard InChI is InChI=1S/C13H12N2O6/c16-12(8-1-2-9-10(5-8)21-7-20-9)14-15-13(17)11-6-18-3-4-19-11/h1-2,5-6H,3-4,7H2,(H,14,16)(H,15,17). The Morgan fingerprint density at radius 2 is 1.76 bits per heavy atom. The van der Waals surface area contributed by atoms with Crippen LogP contribution in [0.5, 0.6) is 11.5 Å². The summed E-state index contributed by atoms with van der Waals surface area (Å²) in [6.07, 6.45) is 1.20. The van der Waals surface area contributed by atoms with Crippen LogP contribution >= 0.6 is 0 Å². The molecule has 0 saturated carbocycles. The second kappa shape index (κ2) is 5.61. The topological polar surface area (TPSA) is 95.1 Å². The number of benzene rings is 1. The molecule has 2 amide bonds. The van der Waals surface area contributed by atoms with E-state index in [1.807, 2.05) is 0 Å². The predicted octanol–water partition coefficient (Wildman–Crippen LogP) is 0.0645. The Hall–Kier alpha value is -2.90. The summed E-state index contributed by atoms with van der Waals surface area (Å²) in [5.74, 6) is -0.01000. The van der Waals surface area contributed by atoms with E-state index in [2.05, 4.69) is 10.9 Å². The SMILES string of the molecule is O=C(NNC(=O)c1ccc2c(c1)OCO2)C1=COCCO1. The fraction of sp³-hybridized carbons (Fsp3) is 0.231. The number of hydrogen-bond acceptors (Lipinski definition) is 6. The number of ether oxygens (including phenoxy) is 4. The molecule has 2 heterocycles. The van der Waals surface area contributed by atoms with E-state index in [0.29, 0.717) is 23.7 Å². The average molecular weight is 292 g/mol. The Balaban J connectivity index is 1.59. The number of hydrazine groups is 1. The number of amides is 2. The third-order valence-corrected chi connectivity index (χ3v) is 2.80. The Labute approximate surface area is 119 Å². The lowest BCUT2D eigenvalue weighted by Crippen LogP contribution is -2.43. The van der Waals surface area contributed by atoms with E-state index in [-0.39, 0.29) is 19.2 Å². The summed E-state index contributed by atoms with van der Waals surface area (Å²) < 4.78 is 20.4. The lowest BCUT2D eigenvalue weighted by Gasteiger charge is -2.15. The highest BCUT2D eigenvalue weighted by Gasteiger charge is 2.18. The molecule has 2 aliphatic heterocycles. The average Bonchev–Trinajstić information content (AvgIpc) is 3.00. The summed E-state index contributed by atoms with van der Waals surface area (Å²) in [7, 11) is 0. The van der Waals surface area contributed by atoms with Crippen molar-refractivity contribution in [2.75, 3.05) is 20.0 Å². The van der Waals surface area contributed by atoms with Gasteiger partial charge < -0.3 is 18.9 Å². The number of fused-ring (bicyclic) bond motifs is 1. The zero-order valence-corrected chi connectivity index (χ0v) is 10.9. The van der Waals surface area contributed by atoms with E-state index in [9.17, 15) is 9.59 Å². The largest absolute Gasteiger partial charge is 0.494 e. The van der Waals surface area contributed by atoms with Crippen LogP contribution in [0.2, 0.25) is 0 Å². The molecule has 110 valence electrons. The van der Waals surface area contributed by atoms with Crippen molar-refractivity contribution in [1.82, 2.24) is 10.9 Å². The van der Waals surface area contributed by atoms with Gasteiger partial charge in [0.2, 0.25) is 12.6 Å². The van der Waals surface area contributed by atoms with Gasteiger partial charge in [-0.05, 0) is 18.2 Å². The van der Waals surface area contributed by atoms with Crippen LogP contribution in [0.25, 0.3) is 0 Å². The summed E-state index contributed by atoms with van der Waals surface area (Å²) in [6.45, 7) is 0.804. The molecule has 3 rings (SSSR count). The predicted molar refractivity (Wildman–Crippen MR) is 68.2 cm³/mol. The van der Waals surface area contributed by atoms with E-state index >= 15 is 0 Å². The molecule has 0 radical (unpaired) electrons. The second-order valence-electron chi connectivity index (χ2n) is 4.18. The lowest BCUT2D eigenvalue weighted by atomic mass is 10.2. The summed E-state index contributed by atoms with van der Waals surface area (Å²) in [5, 5.41) is 0. The van der Waals surface area contributed by atoms with Crippen LogP contribution < -0.4 is 20.3 Å². The molecule has 0 unspecified atom stereocenters. The Bertz CT molecular complexity index is 613. The van der Waals surface area contributed by atoms with Crippen LogP contribution in [0.3, 0.4) is 0 Å². The number of rotatable bonds is 2. The molecule has 0 fully saturated rings. The minimum Gasteiger partial charge on any atom is -0.494 e. The third-order valence-electron chi connectivity index (χ3n) is 2.80. The highest BCUT2D eigenvalue weighted by molar-refractivity contribution is 5.98. The van der Waals surface area contributed by atoms with Gasteiger partial charge in [0, 0.05) is 5.56 Å². The van der Waals surface area contributed by atoms with Gasteiger partial charge in [-0.1, -0.05) is 0 Å². The Kier molecular flexibility index (Phi) is 3.50. The number of hydrogen-bond donors (Lipinski definition) is 2. The van der Waals surface area contributed by atoms with E-state index < -0.39 is 11.8 Å². The van der Waals surface area contributed by atoms with Crippen LogP contribution in [0, 0.1) is 0 Å². The zero-order valence-electron chi connectivity index (χ0n) is 10.9. The molecule has 0 aromatic heterocycles. The molecule has 2 aliphatic rings. The minimum absolute atomic E-state index is 0.00670. The molecular weight excluding hydrogens is 280 g/mol.